The van der Waals surface area contributed by atoms with Gasteiger partial charge in [-0.05, 0) is 18.2 Å². The Hall–Kier alpha value is -2.08. The van der Waals surface area contributed by atoms with E-state index in [0.717, 1.165) is 18.2 Å². The molecule has 1 aromatic heterocycles. The first-order chi connectivity index (χ1) is 8.56. The summed E-state index contributed by atoms with van der Waals surface area (Å²) in [5, 5.41) is 2.47. The lowest BCUT2D eigenvalue weighted by Crippen LogP contribution is -2.13. The van der Waals surface area contributed by atoms with Crippen molar-refractivity contribution in [2.75, 3.05) is 5.32 Å². The van der Waals surface area contributed by atoms with E-state index in [-0.39, 0.29) is 16.5 Å². The van der Waals surface area contributed by atoms with Gasteiger partial charge in [0.25, 0.3) is 5.91 Å². The monoisotopic (exact) mass is 269 g/mol. The number of rotatable bonds is 2. The fourth-order valence-electron chi connectivity index (χ4n) is 1.23. The number of halogens is 3. The molecule has 0 aliphatic rings. The molecule has 0 fully saturated rings. The van der Waals surface area contributed by atoms with Gasteiger partial charge in [-0.2, -0.15) is 0 Å². The molecular formula is C11H6ClF2N3O. The highest BCUT2D eigenvalue weighted by Crippen LogP contribution is 2.12. The molecule has 1 aromatic carbocycles. The molecule has 0 saturated heterocycles. The predicted octanol–water partition coefficient (Wildman–Crippen LogP) is 2.66. The van der Waals surface area contributed by atoms with E-state index in [9.17, 15) is 13.6 Å². The lowest BCUT2D eigenvalue weighted by atomic mass is 10.2. The third-order valence-corrected chi connectivity index (χ3v) is 2.21. The average molecular weight is 270 g/mol. The van der Waals surface area contributed by atoms with Crippen molar-refractivity contribution in [1.29, 1.82) is 0 Å². The number of anilines is 1. The Balaban J connectivity index is 2.19. The van der Waals surface area contributed by atoms with Gasteiger partial charge in [0.2, 0.25) is 0 Å². The van der Waals surface area contributed by atoms with Gasteiger partial charge < -0.3 is 5.32 Å². The topological polar surface area (TPSA) is 54.9 Å². The number of nitrogens with one attached hydrogen (secondary N) is 1. The van der Waals surface area contributed by atoms with Crippen LogP contribution in [0.2, 0.25) is 5.15 Å². The van der Waals surface area contributed by atoms with Crippen LogP contribution in [0.1, 0.15) is 10.4 Å². The van der Waals surface area contributed by atoms with Crippen molar-refractivity contribution in [2.24, 2.45) is 0 Å². The first kappa shape index (κ1) is 12.4. The molecule has 2 rings (SSSR count). The zero-order valence-corrected chi connectivity index (χ0v) is 9.58. The first-order valence-corrected chi connectivity index (χ1v) is 5.18. The number of carbonyl (C=O) groups is 1. The summed E-state index contributed by atoms with van der Waals surface area (Å²) in [6.07, 6.45) is 2.58. The summed E-state index contributed by atoms with van der Waals surface area (Å²) in [4.78, 5) is 19.2. The van der Waals surface area contributed by atoms with Crippen LogP contribution in [-0.2, 0) is 0 Å². The van der Waals surface area contributed by atoms with Crippen molar-refractivity contribution in [3.63, 3.8) is 0 Å². The van der Waals surface area contributed by atoms with Crippen molar-refractivity contribution >= 4 is 23.3 Å². The molecule has 0 spiro atoms. The summed E-state index contributed by atoms with van der Waals surface area (Å²) in [6, 6.07) is 2.82. The van der Waals surface area contributed by atoms with E-state index in [2.05, 4.69) is 15.3 Å². The number of carbonyl (C=O) groups excluding carboxylic acids is 1. The second-order valence-electron chi connectivity index (χ2n) is 3.31. The summed E-state index contributed by atoms with van der Waals surface area (Å²) in [7, 11) is 0. The van der Waals surface area contributed by atoms with Gasteiger partial charge in [-0.1, -0.05) is 11.6 Å². The van der Waals surface area contributed by atoms with Crippen LogP contribution in [0.3, 0.4) is 0 Å². The smallest absolute Gasteiger partial charge is 0.256 e. The predicted molar refractivity (Wildman–Crippen MR) is 61.4 cm³/mol. The lowest BCUT2D eigenvalue weighted by molar-refractivity contribution is 0.102. The maximum atomic E-state index is 12.9. The Morgan fingerprint density at radius 2 is 2.00 bits per heavy atom. The van der Waals surface area contributed by atoms with Gasteiger partial charge >= 0.3 is 0 Å². The summed E-state index contributed by atoms with van der Waals surface area (Å²) >= 11 is 5.59. The normalized spacial score (nSPS) is 10.2. The largest absolute Gasteiger partial charge is 0.305 e. The quantitative estimate of drug-likeness (QED) is 0.912. The third kappa shape index (κ3) is 2.78. The van der Waals surface area contributed by atoms with E-state index in [4.69, 9.17) is 11.6 Å². The number of nitrogens with zero attached hydrogens (tertiary/aromatic N) is 2. The Labute approximate surface area is 106 Å². The van der Waals surface area contributed by atoms with Crippen molar-refractivity contribution in [2.45, 2.75) is 0 Å². The maximum absolute atomic E-state index is 12.9. The fraction of sp³-hybridized carbons (Fsp3) is 0. The molecule has 1 N–H and O–H groups in total. The van der Waals surface area contributed by atoms with Crippen LogP contribution in [0.5, 0.6) is 0 Å². The molecule has 0 unspecified atom stereocenters. The zero-order chi connectivity index (χ0) is 13.1. The fourth-order valence-corrected chi connectivity index (χ4v) is 1.38. The first-order valence-electron chi connectivity index (χ1n) is 4.80. The van der Waals surface area contributed by atoms with Gasteiger partial charge in [0.15, 0.2) is 17.5 Å². The maximum Gasteiger partial charge on any atom is 0.256 e. The minimum absolute atomic E-state index is 0.0318. The van der Waals surface area contributed by atoms with E-state index < -0.39 is 17.5 Å². The van der Waals surface area contributed by atoms with Gasteiger partial charge in [0, 0.05) is 5.56 Å². The van der Waals surface area contributed by atoms with Crippen LogP contribution >= 0.6 is 11.6 Å². The van der Waals surface area contributed by atoms with Gasteiger partial charge in [-0.3, -0.25) is 9.78 Å². The highest BCUT2D eigenvalue weighted by Gasteiger charge is 2.10. The lowest BCUT2D eigenvalue weighted by Gasteiger charge is -2.04. The van der Waals surface area contributed by atoms with E-state index in [0.29, 0.717) is 0 Å². The molecule has 1 amide bonds. The van der Waals surface area contributed by atoms with E-state index >= 15 is 0 Å². The van der Waals surface area contributed by atoms with Crippen LogP contribution in [0, 0.1) is 11.6 Å². The van der Waals surface area contributed by atoms with Crippen molar-refractivity contribution < 1.29 is 13.6 Å². The van der Waals surface area contributed by atoms with E-state index in [1.54, 1.807) is 0 Å². The van der Waals surface area contributed by atoms with Crippen LogP contribution < -0.4 is 5.32 Å². The van der Waals surface area contributed by atoms with Gasteiger partial charge in [0.05, 0.1) is 12.4 Å². The highest BCUT2D eigenvalue weighted by molar-refractivity contribution is 6.29. The second-order valence-corrected chi connectivity index (χ2v) is 3.70. The minimum atomic E-state index is -1.10. The van der Waals surface area contributed by atoms with Crippen LogP contribution in [0.25, 0.3) is 0 Å². The number of aromatic nitrogens is 2. The summed E-state index contributed by atoms with van der Waals surface area (Å²) < 4.78 is 25.6. The van der Waals surface area contributed by atoms with Crippen molar-refractivity contribution in [3.8, 4) is 0 Å². The van der Waals surface area contributed by atoms with Gasteiger partial charge in [-0.25, -0.2) is 13.8 Å². The Bertz CT molecular complexity index is 607. The molecule has 4 nitrogen and oxygen atoms in total. The SMILES string of the molecule is O=C(Nc1cncc(Cl)n1)c1ccc(F)c(F)c1. The molecule has 1 heterocycles. The van der Waals surface area contributed by atoms with Crippen molar-refractivity contribution in [3.05, 3.63) is 52.9 Å². The molecule has 2 aromatic rings. The number of hydrogen-bond acceptors (Lipinski definition) is 3. The summed E-state index contributed by atoms with van der Waals surface area (Å²) in [5.41, 5.74) is -0.0318. The molecule has 0 atom stereocenters. The standard InChI is InChI=1S/C11H6ClF2N3O/c12-9-4-15-5-10(16-9)17-11(18)6-1-2-7(13)8(14)3-6/h1-5H,(H,16,17,18). The van der Waals surface area contributed by atoms with Gasteiger partial charge in [-0.15, -0.1) is 0 Å². The molecule has 7 heteroatoms. The molecule has 92 valence electrons. The number of amides is 1. The van der Waals surface area contributed by atoms with Crippen LogP contribution in [0.4, 0.5) is 14.6 Å². The Morgan fingerprint density at radius 3 is 2.67 bits per heavy atom. The Morgan fingerprint density at radius 1 is 1.22 bits per heavy atom. The molecule has 0 aliphatic carbocycles. The van der Waals surface area contributed by atoms with Crippen LogP contribution in [-0.4, -0.2) is 15.9 Å². The number of hydrogen-bond donors (Lipinski definition) is 1. The summed E-state index contributed by atoms with van der Waals surface area (Å²) in [5.74, 6) is -2.63. The molecular weight excluding hydrogens is 264 g/mol. The molecule has 0 aliphatic heterocycles. The molecule has 0 saturated carbocycles. The summed E-state index contributed by atoms with van der Waals surface area (Å²) in [6.45, 7) is 0. The van der Waals surface area contributed by atoms with Gasteiger partial charge in [0.1, 0.15) is 5.15 Å². The zero-order valence-electron chi connectivity index (χ0n) is 8.82. The van der Waals surface area contributed by atoms with Crippen LogP contribution in [0.15, 0.2) is 30.6 Å². The minimum Gasteiger partial charge on any atom is -0.305 e. The molecule has 0 bridgehead atoms. The van der Waals surface area contributed by atoms with Crippen molar-refractivity contribution in [1.82, 2.24) is 9.97 Å². The third-order valence-electron chi connectivity index (χ3n) is 2.03. The molecule has 0 radical (unpaired) electrons. The highest BCUT2D eigenvalue weighted by atomic mass is 35.5. The second kappa shape index (κ2) is 5.05. The van der Waals surface area contributed by atoms with E-state index in [1.807, 2.05) is 0 Å². The Kier molecular flexibility index (Phi) is 3.47. The average Bonchev–Trinajstić information content (AvgIpc) is 2.32. The number of benzene rings is 1. The van der Waals surface area contributed by atoms with E-state index in [1.165, 1.54) is 12.4 Å². The molecule has 18 heavy (non-hydrogen) atoms.